The average molecular weight is 270 g/mol. The lowest BCUT2D eigenvalue weighted by Gasteiger charge is -2.24. The van der Waals surface area contributed by atoms with Crippen molar-refractivity contribution in [2.75, 3.05) is 6.54 Å². The van der Waals surface area contributed by atoms with E-state index >= 15 is 0 Å². The van der Waals surface area contributed by atoms with Gasteiger partial charge < -0.3 is 10.4 Å². The highest BCUT2D eigenvalue weighted by atomic mass is 16.4. The number of carbonyl (C=O) groups excluding carboxylic acids is 3. The molecule has 1 fully saturated rings. The Morgan fingerprint density at radius 3 is 2.26 bits per heavy atom. The summed E-state index contributed by atoms with van der Waals surface area (Å²) in [5, 5.41) is 11.3. The molecule has 0 aliphatic carbocycles. The lowest BCUT2D eigenvalue weighted by Crippen LogP contribution is -2.46. The van der Waals surface area contributed by atoms with Crippen LogP contribution in [-0.2, 0) is 19.2 Å². The van der Waals surface area contributed by atoms with Gasteiger partial charge in [-0.3, -0.25) is 24.1 Å². The summed E-state index contributed by atoms with van der Waals surface area (Å²) in [4.78, 5) is 46.0. The smallest absolute Gasteiger partial charge is 0.305 e. The minimum Gasteiger partial charge on any atom is -0.481 e. The summed E-state index contributed by atoms with van der Waals surface area (Å²) in [6, 6.07) is 0. The van der Waals surface area contributed by atoms with Gasteiger partial charge in [0.2, 0.25) is 17.7 Å². The number of hydrogen-bond acceptors (Lipinski definition) is 4. The number of imide groups is 1. The van der Waals surface area contributed by atoms with Crippen LogP contribution in [0.1, 0.15) is 39.5 Å². The molecule has 0 aromatic heterocycles. The van der Waals surface area contributed by atoms with Gasteiger partial charge >= 0.3 is 5.97 Å². The molecule has 3 amide bonds. The van der Waals surface area contributed by atoms with Crippen LogP contribution in [0.3, 0.4) is 0 Å². The maximum atomic E-state index is 11.7. The molecule has 0 saturated carbocycles. The van der Waals surface area contributed by atoms with Crippen molar-refractivity contribution >= 4 is 23.7 Å². The van der Waals surface area contributed by atoms with Crippen LogP contribution in [0.15, 0.2) is 0 Å². The summed E-state index contributed by atoms with van der Waals surface area (Å²) in [7, 11) is 0. The summed E-state index contributed by atoms with van der Waals surface area (Å²) >= 11 is 0. The highest BCUT2D eigenvalue weighted by Crippen LogP contribution is 2.12. The molecule has 2 N–H and O–H groups in total. The number of likely N-dealkylation sites (tertiary alicyclic amines) is 1. The molecule has 106 valence electrons. The first kappa shape index (κ1) is 15.1. The zero-order valence-corrected chi connectivity index (χ0v) is 11.1. The van der Waals surface area contributed by atoms with Crippen molar-refractivity contribution in [1.29, 1.82) is 0 Å². The highest BCUT2D eigenvalue weighted by molar-refractivity contribution is 6.02. The van der Waals surface area contributed by atoms with Gasteiger partial charge in [-0.05, 0) is 13.8 Å². The molecule has 0 atom stereocenters. The number of aliphatic carboxylic acids is 1. The van der Waals surface area contributed by atoms with E-state index in [4.69, 9.17) is 5.11 Å². The van der Waals surface area contributed by atoms with Gasteiger partial charge in [0, 0.05) is 31.3 Å². The van der Waals surface area contributed by atoms with Crippen molar-refractivity contribution in [3.63, 3.8) is 0 Å². The Morgan fingerprint density at radius 1 is 1.26 bits per heavy atom. The number of hydrogen-bond donors (Lipinski definition) is 2. The third kappa shape index (κ3) is 4.69. The fourth-order valence-electron chi connectivity index (χ4n) is 1.95. The van der Waals surface area contributed by atoms with Crippen molar-refractivity contribution in [3.05, 3.63) is 0 Å². The minimum atomic E-state index is -1.00. The van der Waals surface area contributed by atoms with Gasteiger partial charge in [-0.25, -0.2) is 0 Å². The molecule has 0 spiro atoms. The molecule has 7 heteroatoms. The molecule has 0 aromatic carbocycles. The maximum absolute atomic E-state index is 11.7. The van der Waals surface area contributed by atoms with Gasteiger partial charge in [0.15, 0.2) is 0 Å². The Balaban J connectivity index is 2.41. The molecule has 7 nitrogen and oxygen atoms in total. The Labute approximate surface area is 110 Å². The zero-order valence-electron chi connectivity index (χ0n) is 11.1. The quantitative estimate of drug-likeness (QED) is 0.656. The van der Waals surface area contributed by atoms with E-state index in [1.165, 1.54) is 0 Å². The van der Waals surface area contributed by atoms with E-state index in [2.05, 4.69) is 5.32 Å². The maximum Gasteiger partial charge on any atom is 0.305 e. The largest absolute Gasteiger partial charge is 0.481 e. The van der Waals surface area contributed by atoms with Gasteiger partial charge in [0.1, 0.15) is 0 Å². The monoisotopic (exact) mass is 270 g/mol. The fourth-order valence-corrected chi connectivity index (χ4v) is 1.95. The molecule has 1 rings (SSSR count). The summed E-state index contributed by atoms with van der Waals surface area (Å²) in [5.41, 5.74) is -0.859. The Hall–Kier alpha value is -1.92. The zero-order chi connectivity index (χ0) is 14.6. The lowest BCUT2D eigenvalue weighted by molar-refractivity contribution is -0.139. The number of rotatable bonds is 6. The first-order valence-electron chi connectivity index (χ1n) is 6.07. The van der Waals surface area contributed by atoms with Crippen LogP contribution in [0.25, 0.3) is 0 Å². The molecule has 19 heavy (non-hydrogen) atoms. The molecular weight excluding hydrogens is 252 g/mol. The van der Waals surface area contributed by atoms with Crippen LogP contribution in [0.5, 0.6) is 0 Å². The number of carbonyl (C=O) groups is 4. The Morgan fingerprint density at radius 2 is 1.79 bits per heavy atom. The number of nitrogens with one attached hydrogen (secondary N) is 1. The van der Waals surface area contributed by atoms with Gasteiger partial charge in [-0.2, -0.15) is 0 Å². The third-order valence-electron chi connectivity index (χ3n) is 2.79. The van der Waals surface area contributed by atoms with Crippen molar-refractivity contribution < 1.29 is 24.3 Å². The van der Waals surface area contributed by atoms with E-state index < -0.39 is 11.5 Å². The average Bonchev–Trinajstić information content (AvgIpc) is 2.53. The molecule has 0 aromatic rings. The van der Waals surface area contributed by atoms with Crippen molar-refractivity contribution in [3.8, 4) is 0 Å². The molecular formula is C12H18N2O5. The predicted octanol–water partition coefficient (Wildman–Crippen LogP) is -0.105. The highest BCUT2D eigenvalue weighted by Gasteiger charge is 2.30. The normalized spacial score (nSPS) is 15.8. The van der Waals surface area contributed by atoms with Crippen LogP contribution in [0, 0.1) is 0 Å². The molecule has 0 radical (unpaired) electrons. The van der Waals surface area contributed by atoms with E-state index in [9.17, 15) is 19.2 Å². The summed E-state index contributed by atoms with van der Waals surface area (Å²) in [5.74, 6) is -1.90. The molecule has 1 saturated heterocycles. The van der Waals surface area contributed by atoms with Crippen LogP contribution < -0.4 is 5.32 Å². The van der Waals surface area contributed by atoms with E-state index in [-0.39, 0.29) is 49.9 Å². The second-order valence-electron chi connectivity index (χ2n) is 5.19. The standard InChI is InChI=1S/C12H18N2O5/c1-12(2,7-11(18)19)13-8(15)5-6-14-9(16)3-4-10(14)17/h3-7H2,1-2H3,(H,13,15)(H,18,19). The first-order valence-corrected chi connectivity index (χ1v) is 6.07. The predicted molar refractivity (Wildman–Crippen MR) is 65.0 cm³/mol. The van der Waals surface area contributed by atoms with Crippen LogP contribution in [-0.4, -0.2) is 45.8 Å². The second kappa shape index (κ2) is 5.81. The third-order valence-corrected chi connectivity index (χ3v) is 2.79. The van der Waals surface area contributed by atoms with E-state index in [0.29, 0.717) is 0 Å². The SMILES string of the molecule is CC(C)(CC(=O)O)NC(=O)CCN1C(=O)CCC1=O. The minimum absolute atomic E-state index is 0.0134. The molecule has 1 aliphatic rings. The molecule has 1 aliphatic heterocycles. The number of carboxylic acid groups (broad SMARTS) is 1. The number of carboxylic acids is 1. The Kier molecular flexibility index (Phi) is 4.63. The number of amides is 3. The van der Waals surface area contributed by atoms with Gasteiger partial charge in [-0.15, -0.1) is 0 Å². The first-order chi connectivity index (χ1) is 8.71. The molecule has 0 bridgehead atoms. The number of nitrogens with zero attached hydrogens (tertiary/aromatic N) is 1. The summed E-state index contributed by atoms with van der Waals surface area (Å²) in [6.07, 6.45) is 0.191. The van der Waals surface area contributed by atoms with E-state index in [0.717, 1.165) is 4.90 Å². The Bertz CT molecular complexity index is 400. The van der Waals surface area contributed by atoms with Crippen molar-refractivity contribution in [2.24, 2.45) is 0 Å². The second-order valence-corrected chi connectivity index (χ2v) is 5.19. The van der Waals surface area contributed by atoms with Gasteiger partial charge in [0.25, 0.3) is 0 Å². The van der Waals surface area contributed by atoms with Gasteiger partial charge in [-0.1, -0.05) is 0 Å². The summed E-state index contributed by atoms with van der Waals surface area (Å²) < 4.78 is 0. The topological polar surface area (TPSA) is 104 Å². The van der Waals surface area contributed by atoms with Crippen LogP contribution in [0.2, 0.25) is 0 Å². The van der Waals surface area contributed by atoms with Crippen molar-refractivity contribution in [1.82, 2.24) is 10.2 Å². The van der Waals surface area contributed by atoms with Crippen molar-refractivity contribution in [2.45, 2.75) is 45.1 Å². The van der Waals surface area contributed by atoms with Crippen LogP contribution in [0.4, 0.5) is 0 Å². The van der Waals surface area contributed by atoms with Crippen LogP contribution >= 0.6 is 0 Å². The molecule has 0 unspecified atom stereocenters. The lowest BCUT2D eigenvalue weighted by atomic mass is 10.0. The van der Waals surface area contributed by atoms with E-state index in [1.54, 1.807) is 13.8 Å². The van der Waals surface area contributed by atoms with Gasteiger partial charge in [0.05, 0.1) is 6.42 Å². The van der Waals surface area contributed by atoms with E-state index in [1.807, 2.05) is 0 Å². The molecule has 1 heterocycles. The fraction of sp³-hybridized carbons (Fsp3) is 0.667. The summed E-state index contributed by atoms with van der Waals surface area (Å²) in [6.45, 7) is 3.25.